The van der Waals surface area contributed by atoms with Crippen molar-refractivity contribution in [3.05, 3.63) is 51.6 Å². The van der Waals surface area contributed by atoms with Crippen molar-refractivity contribution in [1.82, 2.24) is 5.43 Å². The van der Waals surface area contributed by atoms with E-state index in [1.807, 2.05) is 13.0 Å². The zero-order valence-electron chi connectivity index (χ0n) is 17.7. The second-order valence-corrected chi connectivity index (χ2v) is 7.40. The van der Waals surface area contributed by atoms with Gasteiger partial charge in [-0.25, -0.2) is 10.2 Å². The van der Waals surface area contributed by atoms with Gasteiger partial charge in [0, 0.05) is 5.69 Å². The predicted octanol–water partition coefficient (Wildman–Crippen LogP) is 3.11. The Hall–Kier alpha value is -3.15. The van der Waals surface area contributed by atoms with Crippen molar-refractivity contribution in [2.45, 2.75) is 20.3 Å². The molecule has 0 aromatic heterocycles. The Morgan fingerprint density at radius 1 is 1.03 bits per heavy atom. The largest absolute Gasteiger partial charge is 0.490 e. The van der Waals surface area contributed by atoms with E-state index in [0.29, 0.717) is 32.9 Å². The quantitative estimate of drug-likeness (QED) is 0.145. The number of hydrogen-bond acceptors (Lipinski definition) is 7. The highest BCUT2D eigenvalue weighted by atomic mass is 127. The van der Waals surface area contributed by atoms with E-state index in [9.17, 15) is 14.4 Å². The van der Waals surface area contributed by atoms with Gasteiger partial charge in [-0.3, -0.25) is 9.59 Å². The number of amides is 2. The molecular weight excluding hydrogens is 529 g/mol. The van der Waals surface area contributed by atoms with E-state index in [1.54, 1.807) is 43.3 Å². The third-order valence-electron chi connectivity index (χ3n) is 3.75. The van der Waals surface area contributed by atoms with Gasteiger partial charge in [0.2, 0.25) is 11.8 Å². The van der Waals surface area contributed by atoms with Gasteiger partial charge in [-0.05, 0) is 66.3 Å². The lowest BCUT2D eigenvalue weighted by Gasteiger charge is -2.14. The molecule has 0 atom stereocenters. The van der Waals surface area contributed by atoms with Crippen molar-refractivity contribution in [1.29, 1.82) is 0 Å². The fourth-order valence-corrected chi connectivity index (χ4v) is 3.27. The Kier molecular flexibility index (Phi) is 10.4. The van der Waals surface area contributed by atoms with E-state index in [2.05, 4.69) is 38.4 Å². The van der Waals surface area contributed by atoms with Crippen LogP contribution in [-0.4, -0.2) is 43.8 Å². The molecule has 0 spiro atoms. The average Bonchev–Trinajstić information content (AvgIpc) is 2.74. The number of anilines is 1. The van der Waals surface area contributed by atoms with Crippen LogP contribution in [0.5, 0.6) is 11.5 Å². The minimum absolute atomic E-state index is 0.238. The summed E-state index contributed by atoms with van der Waals surface area (Å²) in [7, 11) is 0. The molecule has 0 aliphatic rings. The zero-order chi connectivity index (χ0) is 23.3. The van der Waals surface area contributed by atoms with Crippen molar-refractivity contribution in [3.63, 3.8) is 0 Å². The number of rotatable bonds is 11. The zero-order valence-corrected chi connectivity index (χ0v) is 19.9. The van der Waals surface area contributed by atoms with Crippen molar-refractivity contribution < 1.29 is 28.6 Å². The number of halogens is 1. The summed E-state index contributed by atoms with van der Waals surface area (Å²) in [5.41, 5.74) is 3.56. The molecule has 2 amide bonds. The van der Waals surface area contributed by atoms with Gasteiger partial charge in [-0.1, -0.05) is 18.2 Å². The minimum atomic E-state index is -0.552. The van der Waals surface area contributed by atoms with Gasteiger partial charge in [-0.2, -0.15) is 5.10 Å². The molecule has 2 aromatic carbocycles. The lowest BCUT2D eigenvalue weighted by molar-refractivity contribution is -0.145. The lowest BCUT2D eigenvalue weighted by Crippen LogP contribution is -2.24. The normalized spacial score (nSPS) is 10.5. The predicted molar refractivity (Wildman–Crippen MR) is 128 cm³/mol. The first kappa shape index (κ1) is 25.1. The molecular formula is C22H24IN3O6. The number of hydrogen-bond donors (Lipinski definition) is 2. The summed E-state index contributed by atoms with van der Waals surface area (Å²) in [6.45, 7) is 3.96. The fraction of sp³-hybridized carbons (Fsp3) is 0.273. The second kappa shape index (κ2) is 13.3. The first-order chi connectivity index (χ1) is 15.4. The molecule has 10 heteroatoms. The number of nitrogens with zero attached hydrogens (tertiary/aromatic N) is 1. The van der Waals surface area contributed by atoms with Gasteiger partial charge in [0.05, 0.1) is 23.0 Å². The molecule has 0 radical (unpaired) electrons. The average molecular weight is 553 g/mol. The van der Waals surface area contributed by atoms with E-state index < -0.39 is 17.8 Å². The number of benzene rings is 2. The summed E-state index contributed by atoms with van der Waals surface area (Å²) in [6.07, 6.45) is 1.06. The van der Waals surface area contributed by atoms with Crippen LogP contribution in [0, 0.1) is 3.57 Å². The van der Waals surface area contributed by atoms with Crippen LogP contribution in [0.4, 0.5) is 5.69 Å². The molecule has 0 aliphatic heterocycles. The summed E-state index contributed by atoms with van der Waals surface area (Å²) >= 11 is 2.05. The first-order valence-electron chi connectivity index (χ1n) is 9.84. The smallest absolute Gasteiger partial charge is 0.344 e. The summed E-state index contributed by atoms with van der Waals surface area (Å²) in [5, 5.41) is 6.52. The Morgan fingerprint density at radius 3 is 2.47 bits per heavy atom. The summed E-state index contributed by atoms with van der Waals surface area (Å²) < 4.78 is 16.7. The van der Waals surface area contributed by atoms with Crippen LogP contribution in [0.2, 0.25) is 0 Å². The molecule has 32 heavy (non-hydrogen) atoms. The van der Waals surface area contributed by atoms with Gasteiger partial charge >= 0.3 is 5.97 Å². The number of ether oxygens (including phenoxy) is 3. The summed E-state index contributed by atoms with van der Waals surface area (Å²) in [5.74, 6) is -0.627. The Morgan fingerprint density at radius 2 is 1.78 bits per heavy atom. The molecule has 2 N–H and O–H groups in total. The molecule has 0 bridgehead atoms. The van der Waals surface area contributed by atoms with Crippen LogP contribution in [0.1, 0.15) is 25.8 Å². The maximum absolute atomic E-state index is 12.0. The van der Waals surface area contributed by atoms with Crippen LogP contribution in [0.25, 0.3) is 0 Å². The Labute approximate surface area is 199 Å². The molecule has 170 valence electrons. The third-order valence-corrected chi connectivity index (χ3v) is 4.55. The van der Waals surface area contributed by atoms with E-state index >= 15 is 0 Å². The molecule has 0 saturated heterocycles. The lowest BCUT2D eigenvalue weighted by atomic mass is 10.2. The van der Waals surface area contributed by atoms with Gasteiger partial charge in [0.25, 0.3) is 0 Å². The summed E-state index contributed by atoms with van der Waals surface area (Å²) in [4.78, 5) is 35.4. The number of carbonyl (C=O) groups excluding carboxylic acids is 3. The van der Waals surface area contributed by atoms with Crippen LogP contribution in [0.3, 0.4) is 0 Å². The standard InChI is InChI=1S/C22H24IN3O6/c1-3-30-18-11-15(10-17(23)22(18)32-14-21(29)31-4-2)13-24-26-20(28)12-19(27)25-16-8-6-5-7-9-16/h5-11,13H,3-4,12,14H2,1-2H3,(H,25,27)(H,26,28). The van der Waals surface area contributed by atoms with Crippen molar-refractivity contribution in [2.75, 3.05) is 25.1 Å². The van der Waals surface area contributed by atoms with Crippen molar-refractivity contribution in [3.8, 4) is 11.5 Å². The van der Waals surface area contributed by atoms with Crippen LogP contribution in [-0.2, 0) is 19.1 Å². The Bertz CT molecular complexity index is 966. The van der Waals surface area contributed by atoms with E-state index in [0.717, 1.165) is 0 Å². The first-order valence-corrected chi connectivity index (χ1v) is 10.9. The van der Waals surface area contributed by atoms with Crippen molar-refractivity contribution >= 4 is 52.3 Å². The number of esters is 1. The monoisotopic (exact) mass is 553 g/mol. The highest BCUT2D eigenvalue weighted by molar-refractivity contribution is 14.1. The van der Waals surface area contributed by atoms with Gasteiger partial charge in [-0.15, -0.1) is 0 Å². The second-order valence-electron chi connectivity index (χ2n) is 6.24. The topological polar surface area (TPSA) is 115 Å². The maximum atomic E-state index is 12.0. The number of nitrogens with one attached hydrogen (secondary N) is 2. The SMILES string of the molecule is CCOC(=O)COc1c(I)cc(C=NNC(=O)CC(=O)Nc2ccccc2)cc1OCC. The molecule has 0 heterocycles. The van der Waals surface area contributed by atoms with E-state index in [1.165, 1.54) is 6.21 Å². The molecule has 0 fully saturated rings. The molecule has 9 nitrogen and oxygen atoms in total. The summed E-state index contributed by atoms with van der Waals surface area (Å²) in [6, 6.07) is 12.3. The number of para-hydroxylation sites is 1. The molecule has 2 aromatic rings. The van der Waals surface area contributed by atoms with Gasteiger partial charge in [0.1, 0.15) is 6.42 Å². The highest BCUT2D eigenvalue weighted by Gasteiger charge is 2.14. The van der Waals surface area contributed by atoms with Crippen LogP contribution >= 0.6 is 22.6 Å². The number of carbonyl (C=O) groups is 3. The van der Waals surface area contributed by atoms with E-state index in [-0.39, 0.29) is 19.6 Å². The highest BCUT2D eigenvalue weighted by Crippen LogP contribution is 2.34. The Balaban J connectivity index is 1.96. The number of hydrazone groups is 1. The van der Waals surface area contributed by atoms with Gasteiger partial charge in [0.15, 0.2) is 18.1 Å². The molecule has 0 saturated carbocycles. The van der Waals surface area contributed by atoms with Gasteiger partial charge < -0.3 is 19.5 Å². The molecule has 2 rings (SSSR count). The van der Waals surface area contributed by atoms with Crippen LogP contribution < -0.4 is 20.2 Å². The maximum Gasteiger partial charge on any atom is 0.344 e. The molecule has 0 unspecified atom stereocenters. The van der Waals surface area contributed by atoms with Crippen molar-refractivity contribution in [2.24, 2.45) is 5.10 Å². The third kappa shape index (κ3) is 8.53. The molecule has 0 aliphatic carbocycles. The fourth-order valence-electron chi connectivity index (χ4n) is 2.49. The van der Waals surface area contributed by atoms with Crippen LogP contribution in [0.15, 0.2) is 47.6 Å². The van der Waals surface area contributed by atoms with E-state index in [4.69, 9.17) is 14.2 Å². The minimum Gasteiger partial charge on any atom is -0.490 e.